The Balaban J connectivity index is 1.57. The van der Waals surface area contributed by atoms with Gasteiger partial charge in [-0.1, -0.05) is 57.2 Å². The Kier molecular flexibility index (Phi) is 6.59. The normalized spacial score (nSPS) is 15.2. The standard InChI is InChI=1S/C25H28N2O4/c1-17(28)27-14-13-18-7-5-6-8-21(18)22(27)15-24(30)31-16-23(29)26-20-11-9-19(10-12-20)25(2,3)4/h5-14,22H,15-16H2,1-4H3,(H,26,29)/t22-/m0/s1. The minimum absolute atomic E-state index is 0.0265. The highest BCUT2D eigenvalue weighted by atomic mass is 16.5. The summed E-state index contributed by atoms with van der Waals surface area (Å²) in [6, 6.07) is 14.7. The molecule has 1 heterocycles. The van der Waals surface area contributed by atoms with Gasteiger partial charge in [0.05, 0.1) is 12.5 Å². The Bertz CT molecular complexity index is 1000. The predicted molar refractivity (Wildman–Crippen MR) is 120 cm³/mol. The third kappa shape index (κ3) is 5.60. The van der Waals surface area contributed by atoms with E-state index in [0.29, 0.717) is 5.69 Å². The van der Waals surface area contributed by atoms with E-state index in [4.69, 9.17) is 4.74 Å². The summed E-state index contributed by atoms with van der Waals surface area (Å²) in [6.45, 7) is 7.43. The fourth-order valence-electron chi connectivity index (χ4n) is 3.53. The third-order valence-corrected chi connectivity index (χ3v) is 5.23. The molecule has 1 aliphatic rings. The lowest BCUT2D eigenvalue weighted by atomic mass is 9.87. The molecular weight excluding hydrogens is 392 g/mol. The van der Waals surface area contributed by atoms with Crippen molar-refractivity contribution >= 4 is 29.5 Å². The van der Waals surface area contributed by atoms with Crippen LogP contribution < -0.4 is 5.32 Å². The van der Waals surface area contributed by atoms with Gasteiger partial charge in [0.2, 0.25) is 5.91 Å². The Morgan fingerprint density at radius 1 is 1.03 bits per heavy atom. The molecule has 1 N–H and O–H groups in total. The monoisotopic (exact) mass is 420 g/mol. The van der Waals surface area contributed by atoms with Gasteiger partial charge in [-0.05, 0) is 40.3 Å². The molecule has 6 heteroatoms. The number of ether oxygens (including phenoxy) is 1. The van der Waals surface area contributed by atoms with Gasteiger partial charge in [0.15, 0.2) is 6.61 Å². The van der Waals surface area contributed by atoms with Gasteiger partial charge in [-0.15, -0.1) is 0 Å². The number of nitrogens with zero attached hydrogens (tertiary/aromatic N) is 1. The van der Waals surface area contributed by atoms with Crippen LogP contribution in [0.1, 0.15) is 56.8 Å². The number of esters is 1. The lowest BCUT2D eigenvalue weighted by Crippen LogP contribution is -2.33. The molecule has 31 heavy (non-hydrogen) atoms. The molecule has 0 unspecified atom stereocenters. The van der Waals surface area contributed by atoms with Crippen molar-refractivity contribution in [3.63, 3.8) is 0 Å². The van der Waals surface area contributed by atoms with E-state index in [2.05, 4.69) is 26.1 Å². The Hall–Kier alpha value is -3.41. The molecule has 162 valence electrons. The topological polar surface area (TPSA) is 75.7 Å². The van der Waals surface area contributed by atoms with E-state index in [0.717, 1.165) is 16.7 Å². The molecule has 2 aromatic carbocycles. The van der Waals surface area contributed by atoms with Gasteiger partial charge in [-0.3, -0.25) is 14.4 Å². The number of hydrogen-bond donors (Lipinski definition) is 1. The third-order valence-electron chi connectivity index (χ3n) is 5.23. The number of carbonyl (C=O) groups excluding carboxylic acids is 3. The molecule has 0 saturated carbocycles. The van der Waals surface area contributed by atoms with Crippen molar-refractivity contribution in [1.29, 1.82) is 0 Å². The molecule has 0 radical (unpaired) electrons. The quantitative estimate of drug-likeness (QED) is 0.726. The number of fused-ring (bicyclic) bond motifs is 1. The van der Waals surface area contributed by atoms with Crippen LogP contribution in [-0.2, 0) is 24.5 Å². The van der Waals surface area contributed by atoms with E-state index in [1.807, 2.05) is 54.6 Å². The van der Waals surface area contributed by atoms with E-state index in [1.165, 1.54) is 11.8 Å². The van der Waals surface area contributed by atoms with Gasteiger partial charge in [0, 0.05) is 18.8 Å². The number of carbonyl (C=O) groups is 3. The molecule has 2 amide bonds. The fraction of sp³-hybridized carbons (Fsp3) is 0.320. The zero-order valence-corrected chi connectivity index (χ0v) is 18.3. The maximum Gasteiger partial charge on any atom is 0.308 e. The molecule has 0 aromatic heterocycles. The maximum atomic E-state index is 12.4. The maximum absolute atomic E-state index is 12.4. The first-order chi connectivity index (χ1) is 14.6. The number of benzene rings is 2. The lowest BCUT2D eigenvalue weighted by molar-refractivity contribution is -0.149. The zero-order valence-electron chi connectivity index (χ0n) is 18.3. The minimum atomic E-state index is -0.542. The number of hydrogen-bond acceptors (Lipinski definition) is 4. The molecule has 6 nitrogen and oxygen atoms in total. The molecule has 0 fully saturated rings. The predicted octanol–water partition coefficient (Wildman–Crippen LogP) is 4.43. The first-order valence-corrected chi connectivity index (χ1v) is 10.3. The second kappa shape index (κ2) is 9.16. The molecule has 1 atom stereocenters. The number of rotatable bonds is 5. The summed E-state index contributed by atoms with van der Waals surface area (Å²) in [5.74, 6) is -1.12. The summed E-state index contributed by atoms with van der Waals surface area (Å²) >= 11 is 0. The van der Waals surface area contributed by atoms with Crippen LogP contribution in [0.5, 0.6) is 0 Å². The van der Waals surface area contributed by atoms with Crippen molar-refractivity contribution in [3.05, 3.63) is 71.4 Å². The molecule has 0 aliphatic carbocycles. The number of amides is 2. The second-order valence-electron chi connectivity index (χ2n) is 8.63. The van der Waals surface area contributed by atoms with Crippen LogP contribution in [0.15, 0.2) is 54.7 Å². The van der Waals surface area contributed by atoms with Crippen LogP contribution in [0.3, 0.4) is 0 Å². The van der Waals surface area contributed by atoms with Gasteiger partial charge in [0.1, 0.15) is 0 Å². The zero-order chi connectivity index (χ0) is 22.6. The highest BCUT2D eigenvalue weighted by Crippen LogP contribution is 2.33. The number of nitrogens with one attached hydrogen (secondary N) is 1. The van der Waals surface area contributed by atoms with Crippen LogP contribution >= 0.6 is 0 Å². The van der Waals surface area contributed by atoms with Crippen molar-refractivity contribution in [1.82, 2.24) is 4.90 Å². The molecule has 0 saturated heterocycles. The van der Waals surface area contributed by atoms with Crippen molar-refractivity contribution < 1.29 is 19.1 Å². The van der Waals surface area contributed by atoms with E-state index in [-0.39, 0.29) is 24.3 Å². The van der Waals surface area contributed by atoms with Gasteiger partial charge < -0.3 is 15.0 Å². The first kappa shape index (κ1) is 22.3. The SMILES string of the molecule is CC(=O)N1C=Cc2ccccc2[C@@H]1CC(=O)OCC(=O)Nc1ccc(C(C)(C)C)cc1. The summed E-state index contributed by atoms with van der Waals surface area (Å²) in [7, 11) is 0. The Morgan fingerprint density at radius 2 is 1.71 bits per heavy atom. The summed E-state index contributed by atoms with van der Waals surface area (Å²) in [4.78, 5) is 38.2. The highest BCUT2D eigenvalue weighted by Gasteiger charge is 2.29. The van der Waals surface area contributed by atoms with Crippen molar-refractivity contribution in [2.24, 2.45) is 0 Å². The smallest absolute Gasteiger partial charge is 0.308 e. The van der Waals surface area contributed by atoms with Crippen molar-refractivity contribution in [3.8, 4) is 0 Å². The highest BCUT2D eigenvalue weighted by molar-refractivity contribution is 5.93. The van der Waals surface area contributed by atoms with Crippen molar-refractivity contribution in [2.75, 3.05) is 11.9 Å². The average molecular weight is 421 g/mol. The summed E-state index contributed by atoms with van der Waals surface area (Å²) in [5.41, 5.74) is 3.66. The second-order valence-corrected chi connectivity index (χ2v) is 8.63. The van der Waals surface area contributed by atoms with Crippen LogP contribution in [0.4, 0.5) is 5.69 Å². The van der Waals surface area contributed by atoms with Crippen LogP contribution in [0, 0.1) is 0 Å². The van der Waals surface area contributed by atoms with E-state index in [9.17, 15) is 14.4 Å². The molecule has 3 rings (SSSR count). The van der Waals surface area contributed by atoms with Gasteiger partial charge in [-0.25, -0.2) is 0 Å². The summed E-state index contributed by atoms with van der Waals surface area (Å²) in [5, 5.41) is 2.73. The fourth-order valence-corrected chi connectivity index (χ4v) is 3.53. The van der Waals surface area contributed by atoms with E-state index < -0.39 is 17.9 Å². The number of anilines is 1. The Morgan fingerprint density at radius 3 is 2.35 bits per heavy atom. The summed E-state index contributed by atoms with van der Waals surface area (Å²) < 4.78 is 5.19. The van der Waals surface area contributed by atoms with Gasteiger partial charge in [0.25, 0.3) is 5.91 Å². The summed E-state index contributed by atoms with van der Waals surface area (Å²) in [6.07, 6.45) is 3.49. The lowest BCUT2D eigenvalue weighted by Gasteiger charge is -2.32. The molecule has 0 bridgehead atoms. The largest absolute Gasteiger partial charge is 0.455 e. The molecular formula is C25H28N2O4. The van der Waals surface area contributed by atoms with E-state index >= 15 is 0 Å². The van der Waals surface area contributed by atoms with Crippen LogP contribution in [0.2, 0.25) is 0 Å². The van der Waals surface area contributed by atoms with Crippen molar-refractivity contribution in [2.45, 2.75) is 45.6 Å². The first-order valence-electron chi connectivity index (χ1n) is 10.3. The average Bonchev–Trinajstić information content (AvgIpc) is 2.72. The van der Waals surface area contributed by atoms with Gasteiger partial charge >= 0.3 is 5.97 Å². The Labute approximate surface area is 182 Å². The molecule has 0 spiro atoms. The van der Waals surface area contributed by atoms with Gasteiger partial charge in [-0.2, -0.15) is 0 Å². The van der Waals surface area contributed by atoms with E-state index in [1.54, 1.807) is 6.20 Å². The molecule has 1 aliphatic heterocycles. The molecule has 2 aromatic rings. The minimum Gasteiger partial charge on any atom is -0.455 e. The van der Waals surface area contributed by atoms with Crippen LogP contribution in [-0.4, -0.2) is 29.3 Å². The van der Waals surface area contributed by atoms with Crippen LogP contribution in [0.25, 0.3) is 6.08 Å².